The average Bonchev–Trinajstić information content (AvgIpc) is 2.54. The van der Waals surface area contributed by atoms with Crippen LogP contribution >= 0.6 is 0 Å². The number of hydrogen-bond donors (Lipinski definition) is 0. The molecule has 0 aromatic heterocycles. The Kier molecular flexibility index (Phi) is 4.39. The van der Waals surface area contributed by atoms with Gasteiger partial charge in [0.25, 0.3) is 0 Å². The van der Waals surface area contributed by atoms with E-state index in [2.05, 4.69) is 76.2 Å². The Morgan fingerprint density at radius 2 is 1.78 bits per heavy atom. The summed E-state index contributed by atoms with van der Waals surface area (Å²) >= 11 is 0. The monoisotopic (exact) mass is 305 g/mol. The molecule has 1 atom stereocenters. The Morgan fingerprint density at radius 1 is 1.04 bits per heavy atom. The van der Waals surface area contributed by atoms with E-state index < -0.39 is 0 Å². The first-order valence-corrected chi connectivity index (χ1v) is 8.65. The van der Waals surface area contributed by atoms with E-state index >= 15 is 0 Å². The van der Waals surface area contributed by atoms with Crippen molar-refractivity contribution in [1.82, 2.24) is 0 Å². The molecular formula is C22H27N. The maximum Gasteiger partial charge on any atom is 0.0643 e. The topological polar surface area (TPSA) is 12.4 Å². The molecule has 1 aliphatic rings. The van der Waals surface area contributed by atoms with E-state index in [0.29, 0.717) is 11.3 Å². The van der Waals surface area contributed by atoms with Crippen LogP contribution in [0.3, 0.4) is 0 Å². The highest BCUT2D eigenvalue weighted by atomic mass is 14.7. The SMILES string of the molecule is Cc1ccc2c(c1)C(=NCc1ccccc1)CC(C)(C(C)C)C2. The maximum atomic E-state index is 5.03. The smallest absolute Gasteiger partial charge is 0.0643 e. The van der Waals surface area contributed by atoms with Gasteiger partial charge in [0.1, 0.15) is 0 Å². The maximum absolute atomic E-state index is 5.03. The first-order valence-electron chi connectivity index (χ1n) is 8.65. The summed E-state index contributed by atoms with van der Waals surface area (Å²) in [6, 6.07) is 17.4. The van der Waals surface area contributed by atoms with E-state index in [-0.39, 0.29) is 0 Å². The van der Waals surface area contributed by atoms with Crippen LogP contribution in [-0.2, 0) is 13.0 Å². The van der Waals surface area contributed by atoms with Crippen LogP contribution in [0.15, 0.2) is 53.5 Å². The van der Waals surface area contributed by atoms with Crippen molar-refractivity contribution in [1.29, 1.82) is 0 Å². The number of aliphatic imine (C=N–C) groups is 1. The molecule has 0 saturated heterocycles. The summed E-state index contributed by atoms with van der Waals surface area (Å²) in [4.78, 5) is 5.03. The number of rotatable bonds is 3. The highest BCUT2D eigenvalue weighted by Gasteiger charge is 2.35. The van der Waals surface area contributed by atoms with E-state index in [1.807, 2.05) is 0 Å². The van der Waals surface area contributed by atoms with Crippen molar-refractivity contribution >= 4 is 5.71 Å². The van der Waals surface area contributed by atoms with Crippen LogP contribution in [0.25, 0.3) is 0 Å². The molecule has 0 fully saturated rings. The number of fused-ring (bicyclic) bond motifs is 1. The average molecular weight is 305 g/mol. The summed E-state index contributed by atoms with van der Waals surface area (Å²) in [5.41, 5.74) is 7.03. The molecule has 0 spiro atoms. The third-order valence-electron chi connectivity index (χ3n) is 5.43. The summed E-state index contributed by atoms with van der Waals surface area (Å²) in [5, 5.41) is 0. The van der Waals surface area contributed by atoms with E-state index in [1.165, 1.54) is 28.0 Å². The van der Waals surface area contributed by atoms with E-state index in [0.717, 1.165) is 19.4 Å². The van der Waals surface area contributed by atoms with Gasteiger partial charge in [-0.15, -0.1) is 0 Å². The lowest BCUT2D eigenvalue weighted by Crippen LogP contribution is -2.34. The van der Waals surface area contributed by atoms with Gasteiger partial charge in [-0.1, -0.05) is 68.8 Å². The molecular weight excluding hydrogens is 278 g/mol. The molecule has 0 bridgehead atoms. The van der Waals surface area contributed by atoms with Gasteiger partial charge in [0, 0.05) is 5.71 Å². The second kappa shape index (κ2) is 6.31. The van der Waals surface area contributed by atoms with Crippen LogP contribution in [0.5, 0.6) is 0 Å². The summed E-state index contributed by atoms with van der Waals surface area (Å²) in [6.45, 7) is 10.0. The Balaban J connectivity index is 1.99. The lowest BCUT2D eigenvalue weighted by molar-refractivity contribution is 0.222. The van der Waals surface area contributed by atoms with Gasteiger partial charge in [0.2, 0.25) is 0 Å². The Hall–Kier alpha value is -1.89. The lowest BCUT2D eigenvalue weighted by Gasteiger charge is -2.39. The second-order valence-electron chi connectivity index (χ2n) is 7.57. The Morgan fingerprint density at radius 3 is 2.48 bits per heavy atom. The number of benzene rings is 2. The van der Waals surface area contributed by atoms with Crippen molar-refractivity contribution < 1.29 is 0 Å². The molecule has 0 radical (unpaired) electrons. The van der Waals surface area contributed by atoms with E-state index in [4.69, 9.17) is 4.99 Å². The number of hydrogen-bond acceptors (Lipinski definition) is 1. The van der Waals surface area contributed by atoms with Crippen LogP contribution in [0, 0.1) is 18.3 Å². The van der Waals surface area contributed by atoms with Gasteiger partial charge in [0.15, 0.2) is 0 Å². The number of aryl methyl sites for hydroxylation is 1. The zero-order valence-electron chi connectivity index (χ0n) is 14.8. The van der Waals surface area contributed by atoms with Crippen LogP contribution < -0.4 is 0 Å². The molecule has 120 valence electrons. The lowest BCUT2D eigenvalue weighted by atomic mass is 9.66. The van der Waals surface area contributed by atoms with Crippen molar-refractivity contribution in [3.05, 3.63) is 70.8 Å². The molecule has 0 saturated carbocycles. The molecule has 1 heteroatoms. The van der Waals surface area contributed by atoms with Gasteiger partial charge in [0.05, 0.1) is 6.54 Å². The molecule has 2 aromatic rings. The Bertz CT molecular complexity index is 712. The van der Waals surface area contributed by atoms with Crippen molar-refractivity contribution in [2.75, 3.05) is 0 Å². The zero-order chi connectivity index (χ0) is 16.4. The number of nitrogens with zero attached hydrogens (tertiary/aromatic N) is 1. The molecule has 1 unspecified atom stereocenters. The minimum absolute atomic E-state index is 0.303. The third kappa shape index (κ3) is 3.39. The van der Waals surface area contributed by atoms with Crippen LogP contribution in [0.2, 0.25) is 0 Å². The molecule has 1 aliphatic carbocycles. The fraction of sp³-hybridized carbons (Fsp3) is 0.409. The highest BCUT2D eigenvalue weighted by molar-refractivity contribution is 6.03. The molecule has 2 aromatic carbocycles. The first-order chi connectivity index (χ1) is 11.0. The zero-order valence-corrected chi connectivity index (χ0v) is 14.8. The molecule has 0 heterocycles. The third-order valence-corrected chi connectivity index (χ3v) is 5.43. The van der Waals surface area contributed by atoms with E-state index in [9.17, 15) is 0 Å². The van der Waals surface area contributed by atoms with Gasteiger partial charge >= 0.3 is 0 Å². The van der Waals surface area contributed by atoms with Crippen molar-refractivity contribution in [2.45, 2.75) is 47.1 Å². The van der Waals surface area contributed by atoms with Gasteiger partial charge in [-0.3, -0.25) is 4.99 Å². The van der Waals surface area contributed by atoms with Crippen LogP contribution in [0.4, 0.5) is 0 Å². The fourth-order valence-electron chi connectivity index (χ4n) is 3.41. The highest BCUT2D eigenvalue weighted by Crippen LogP contribution is 2.41. The molecule has 0 N–H and O–H groups in total. The summed E-state index contributed by atoms with van der Waals surface area (Å²) in [5.74, 6) is 0.652. The van der Waals surface area contributed by atoms with Gasteiger partial charge in [-0.25, -0.2) is 0 Å². The molecule has 3 rings (SSSR count). The standard InChI is InChI=1S/C22H27N/c1-16(2)22(4)13-19-11-10-17(3)12-20(19)21(14-22)23-15-18-8-6-5-7-9-18/h5-12,16H,13-15H2,1-4H3. The molecule has 1 nitrogen and oxygen atoms in total. The fourth-order valence-corrected chi connectivity index (χ4v) is 3.41. The van der Waals surface area contributed by atoms with Gasteiger partial charge in [-0.2, -0.15) is 0 Å². The van der Waals surface area contributed by atoms with Crippen LogP contribution in [-0.4, -0.2) is 5.71 Å². The predicted octanol–water partition coefficient (Wildman–Crippen LogP) is 5.59. The molecule has 0 aliphatic heterocycles. The largest absolute Gasteiger partial charge is 0.284 e. The van der Waals surface area contributed by atoms with Gasteiger partial charge in [-0.05, 0) is 53.9 Å². The minimum Gasteiger partial charge on any atom is -0.284 e. The summed E-state index contributed by atoms with van der Waals surface area (Å²) in [7, 11) is 0. The second-order valence-corrected chi connectivity index (χ2v) is 7.57. The van der Waals surface area contributed by atoms with Crippen molar-refractivity contribution in [3.63, 3.8) is 0 Å². The van der Waals surface area contributed by atoms with Gasteiger partial charge < -0.3 is 0 Å². The van der Waals surface area contributed by atoms with Crippen molar-refractivity contribution in [2.24, 2.45) is 16.3 Å². The van der Waals surface area contributed by atoms with E-state index in [1.54, 1.807) is 0 Å². The quantitative estimate of drug-likeness (QED) is 0.700. The first kappa shape index (κ1) is 16.0. The Labute approximate surface area is 140 Å². The summed E-state index contributed by atoms with van der Waals surface area (Å²) < 4.78 is 0. The summed E-state index contributed by atoms with van der Waals surface area (Å²) in [6.07, 6.45) is 2.23. The predicted molar refractivity (Wildman–Crippen MR) is 99.1 cm³/mol. The van der Waals surface area contributed by atoms with Crippen LogP contribution in [0.1, 0.15) is 49.4 Å². The van der Waals surface area contributed by atoms with Crippen molar-refractivity contribution in [3.8, 4) is 0 Å². The normalized spacial score (nSPS) is 22.4. The molecule has 23 heavy (non-hydrogen) atoms. The molecule has 0 amide bonds. The minimum atomic E-state index is 0.303.